The normalized spacial score (nSPS) is 10.3. The Hall–Kier alpha value is -2.49. The highest BCUT2D eigenvalue weighted by atomic mass is 35.5. The van der Waals surface area contributed by atoms with Crippen molar-refractivity contribution in [2.24, 2.45) is 0 Å². The molecule has 4 heteroatoms. The van der Waals surface area contributed by atoms with Crippen LogP contribution in [0, 0.1) is 0 Å². The molecule has 3 rings (SSSR count). The number of benzene rings is 3. The smallest absolute Gasteiger partial charge is 0.127 e. The molecule has 0 saturated heterocycles. The lowest BCUT2D eigenvalue weighted by Crippen LogP contribution is -2.20. The van der Waals surface area contributed by atoms with Crippen LogP contribution in [0.3, 0.4) is 0 Å². The van der Waals surface area contributed by atoms with E-state index in [-0.39, 0.29) is 0 Å². The van der Waals surface area contributed by atoms with E-state index in [9.17, 15) is 0 Å². The molecule has 0 amide bonds. The summed E-state index contributed by atoms with van der Waals surface area (Å²) in [7, 11) is 0. The zero-order valence-corrected chi connectivity index (χ0v) is 13.3. The van der Waals surface area contributed by atoms with E-state index in [0.717, 1.165) is 29.3 Å². The summed E-state index contributed by atoms with van der Waals surface area (Å²) in [5, 5.41) is 0.699. The van der Waals surface area contributed by atoms with Crippen LogP contribution in [0.2, 0.25) is 5.02 Å². The van der Waals surface area contributed by atoms with Crippen LogP contribution in [0.5, 0.6) is 11.5 Å². The first kappa shape index (κ1) is 15.4. The van der Waals surface area contributed by atoms with Crippen LogP contribution in [0.15, 0.2) is 78.9 Å². The third kappa shape index (κ3) is 4.74. The van der Waals surface area contributed by atoms with E-state index in [4.69, 9.17) is 16.3 Å². The van der Waals surface area contributed by atoms with Gasteiger partial charge in [-0.2, -0.15) is 0 Å². The fourth-order valence-electron chi connectivity index (χ4n) is 2.08. The molecular weight excluding hydrogens is 308 g/mol. The molecule has 3 nitrogen and oxygen atoms in total. The molecule has 0 bridgehead atoms. The highest BCUT2D eigenvalue weighted by Gasteiger charge is 1.98. The highest BCUT2D eigenvalue weighted by molar-refractivity contribution is 6.30. The number of hydrogen-bond donors (Lipinski definition) is 2. The van der Waals surface area contributed by atoms with E-state index < -0.39 is 0 Å². The Morgan fingerprint density at radius 2 is 1.35 bits per heavy atom. The number of anilines is 1. The Labute approximate surface area is 140 Å². The molecule has 0 atom stereocenters. The van der Waals surface area contributed by atoms with Gasteiger partial charge in [0.15, 0.2) is 0 Å². The summed E-state index contributed by atoms with van der Waals surface area (Å²) < 4.78 is 5.77. The summed E-state index contributed by atoms with van der Waals surface area (Å²) in [4.78, 5) is 0. The monoisotopic (exact) mass is 324 g/mol. The third-order valence-corrected chi connectivity index (χ3v) is 3.52. The molecule has 23 heavy (non-hydrogen) atoms. The number of hydrazine groups is 1. The van der Waals surface area contributed by atoms with Gasteiger partial charge in [0, 0.05) is 17.3 Å². The molecule has 0 heterocycles. The zero-order chi connectivity index (χ0) is 15.9. The van der Waals surface area contributed by atoms with Gasteiger partial charge in [-0.25, -0.2) is 5.43 Å². The number of halogens is 1. The van der Waals surface area contributed by atoms with Gasteiger partial charge in [-0.05, 0) is 54.1 Å². The van der Waals surface area contributed by atoms with Gasteiger partial charge >= 0.3 is 0 Å². The van der Waals surface area contributed by atoms with Crippen molar-refractivity contribution in [3.63, 3.8) is 0 Å². The lowest BCUT2D eigenvalue weighted by molar-refractivity contribution is 0.482. The topological polar surface area (TPSA) is 33.3 Å². The van der Waals surface area contributed by atoms with Crippen LogP contribution in [-0.2, 0) is 6.54 Å². The predicted octanol–water partition coefficient (Wildman–Crippen LogP) is 5.25. The molecule has 0 aliphatic carbocycles. The van der Waals surface area contributed by atoms with Crippen LogP contribution in [0.25, 0.3) is 0 Å². The maximum Gasteiger partial charge on any atom is 0.127 e. The molecule has 0 spiro atoms. The van der Waals surface area contributed by atoms with Crippen LogP contribution < -0.4 is 15.6 Å². The number of ether oxygens (including phenoxy) is 1. The summed E-state index contributed by atoms with van der Waals surface area (Å²) in [5.41, 5.74) is 8.55. The molecule has 0 saturated carbocycles. The van der Waals surface area contributed by atoms with E-state index in [1.54, 1.807) is 0 Å². The number of rotatable bonds is 6. The minimum Gasteiger partial charge on any atom is -0.457 e. The molecular formula is C19H17ClN2O. The van der Waals surface area contributed by atoms with Crippen molar-refractivity contribution in [2.75, 3.05) is 5.43 Å². The maximum atomic E-state index is 5.86. The number of hydrogen-bond acceptors (Lipinski definition) is 3. The number of para-hydroxylation sites is 1. The van der Waals surface area contributed by atoms with E-state index >= 15 is 0 Å². The van der Waals surface area contributed by atoms with Gasteiger partial charge in [-0.15, -0.1) is 0 Å². The summed E-state index contributed by atoms with van der Waals surface area (Å²) >= 11 is 5.86. The Bertz CT molecular complexity index is 728. The Morgan fingerprint density at radius 1 is 0.739 bits per heavy atom. The van der Waals surface area contributed by atoms with Crippen molar-refractivity contribution in [1.82, 2.24) is 5.43 Å². The van der Waals surface area contributed by atoms with Crippen LogP contribution in [0.4, 0.5) is 5.69 Å². The molecule has 0 aliphatic rings. The molecule has 0 unspecified atom stereocenters. The first-order valence-electron chi connectivity index (χ1n) is 7.36. The second-order valence-corrected chi connectivity index (χ2v) is 5.48. The van der Waals surface area contributed by atoms with Gasteiger partial charge in [0.2, 0.25) is 0 Å². The largest absolute Gasteiger partial charge is 0.457 e. The summed E-state index contributed by atoms with van der Waals surface area (Å²) in [6.45, 7) is 0.718. The Morgan fingerprint density at radius 3 is 2.00 bits per heavy atom. The number of nitrogens with one attached hydrogen (secondary N) is 2. The van der Waals surface area contributed by atoms with Gasteiger partial charge in [0.05, 0.1) is 0 Å². The van der Waals surface area contributed by atoms with Crippen molar-refractivity contribution in [1.29, 1.82) is 0 Å². The average molecular weight is 325 g/mol. The Kier molecular flexibility index (Phi) is 5.14. The van der Waals surface area contributed by atoms with Crippen LogP contribution in [0.1, 0.15) is 5.56 Å². The van der Waals surface area contributed by atoms with Gasteiger partial charge in [-0.3, -0.25) is 0 Å². The van der Waals surface area contributed by atoms with E-state index in [2.05, 4.69) is 10.9 Å². The molecule has 3 aromatic carbocycles. The molecule has 0 aliphatic heterocycles. The molecule has 0 radical (unpaired) electrons. The maximum absolute atomic E-state index is 5.86. The minimum absolute atomic E-state index is 0.699. The molecule has 2 N–H and O–H groups in total. The van der Waals surface area contributed by atoms with Crippen molar-refractivity contribution < 1.29 is 4.74 Å². The highest BCUT2D eigenvalue weighted by Crippen LogP contribution is 2.23. The summed E-state index contributed by atoms with van der Waals surface area (Å²) in [5.74, 6) is 1.57. The van der Waals surface area contributed by atoms with Gasteiger partial charge < -0.3 is 10.2 Å². The van der Waals surface area contributed by atoms with E-state index in [1.807, 2.05) is 78.9 Å². The van der Waals surface area contributed by atoms with E-state index in [0.29, 0.717) is 5.02 Å². The quantitative estimate of drug-likeness (QED) is 0.608. The molecule has 0 fully saturated rings. The first-order chi connectivity index (χ1) is 11.3. The molecule has 116 valence electrons. The fraction of sp³-hybridized carbons (Fsp3) is 0.0526. The molecule has 0 aromatic heterocycles. The lowest BCUT2D eigenvalue weighted by atomic mass is 10.2. The van der Waals surface area contributed by atoms with Crippen molar-refractivity contribution in [3.8, 4) is 11.5 Å². The van der Waals surface area contributed by atoms with E-state index in [1.165, 1.54) is 0 Å². The fourth-order valence-corrected chi connectivity index (χ4v) is 2.21. The van der Waals surface area contributed by atoms with Crippen LogP contribution >= 0.6 is 11.6 Å². The lowest BCUT2D eigenvalue weighted by Gasteiger charge is -2.09. The zero-order valence-electron chi connectivity index (χ0n) is 12.5. The van der Waals surface area contributed by atoms with Crippen molar-refractivity contribution in [3.05, 3.63) is 89.4 Å². The van der Waals surface area contributed by atoms with Gasteiger partial charge in [0.1, 0.15) is 11.5 Å². The minimum atomic E-state index is 0.699. The van der Waals surface area contributed by atoms with Gasteiger partial charge in [-0.1, -0.05) is 41.9 Å². The SMILES string of the molecule is Clc1ccc(Oc2ccc(CNNc3ccccc3)cc2)cc1. The second kappa shape index (κ2) is 7.68. The summed E-state index contributed by atoms with van der Waals surface area (Å²) in [6.07, 6.45) is 0. The predicted molar refractivity (Wildman–Crippen MR) is 94.9 cm³/mol. The standard InChI is InChI=1S/C19H17ClN2O/c20-16-8-12-19(13-9-16)23-18-10-6-15(7-11-18)14-21-22-17-4-2-1-3-5-17/h1-13,21-22H,14H2. The Balaban J connectivity index is 1.51. The third-order valence-electron chi connectivity index (χ3n) is 3.27. The first-order valence-corrected chi connectivity index (χ1v) is 7.74. The molecule has 3 aromatic rings. The average Bonchev–Trinajstić information content (AvgIpc) is 2.59. The van der Waals surface area contributed by atoms with Crippen LogP contribution in [-0.4, -0.2) is 0 Å². The van der Waals surface area contributed by atoms with Crippen molar-refractivity contribution >= 4 is 17.3 Å². The van der Waals surface area contributed by atoms with Crippen molar-refractivity contribution in [2.45, 2.75) is 6.54 Å². The summed E-state index contributed by atoms with van der Waals surface area (Å²) in [6, 6.07) is 25.3. The second-order valence-electron chi connectivity index (χ2n) is 5.04. The van der Waals surface area contributed by atoms with Gasteiger partial charge in [0.25, 0.3) is 0 Å².